The molecule has 0 unspecified atom stereocenters. The maximum absolute atomic E-state index is 6.12. The number of aryl methyl sites for hydroxylation is 1. The third-order valence-electron chi connectivity index (χ3n) is 3.73. The highest BCUT2D eigenvalue weighted by atomic mass is 35.5. The number of nitrogens with one attached hydrogen (secondary N) is 2. The number of nitrogens with zero attached hydrogens (tertiary/aromatic N) is 1. The Balaban J connectivity index is 0.000000902. The topological polar surface area (TPSA) is 40.7 Å². The Morgan fingerprint density at radius 1 is 1.32 bits per heavy atom. The molecule has 2 heterocycles. The Bertz CT molecular complexity index is 574. The Morgan fingerprint density at radius 3 is 2.68 bits per heavy atom. The van der Waals surface area contributed by atoms with Crippen molar-refractivity contribution in [2.75, 3.05) is 6.54 Å². The van der Waals surface area contributed by atoms with Gasteiger partial charge in [-0.05, 0) is 50.9 Å². The van der Waals surface area contributed by atoms with Gasteiger partial charge in [-0.25, -0.2) is 4.98 Å². The minimum absolute atomic E-state index is 0. The molecule has 0 spiro atoms. The summed E-state index contributed by atoms with van der Waals surface area (Å²) in [6.07, 6.45) is 2.33. The molecule has 1 aromatic heterocycles. The molecule has 1 atom stereocenters. The van der Waals surface area contributed by atoms with Gasteiger partial charge in [0, 0.05) is 5.02 Å². The van der Waals surface area contributed by atoms with Gasteiger partial charge in [0.15, 0.2) is 0 Å². The van der Waals surface area contributed by atoms with Gasteiger partial charge in [-0.3, -0.25) is 0 Å². The molecule has 2 N–H and O–H groups in total. The van der Waals surface area contributed by atoms with E-state index in [1.165, 1.54) is 6.42 Å². The monoisotopic (exact) mass is 321 g/mol. The van der Waals surface area contributed by atoms with E-state index in [1.54, 1.807) is 0 Å². The maximum Gasteiger partial charge on any atom is 0.127 e. The third kappa shape index (κ3) is 2.70. The van der Waals surface area contributed by atoms with E-state index in [0.717, 1.165) is 40.4 Å². The Labute approximate surface area is 130 Å². The summed E-state index contributed by atoms with van der Waals surface area (Å²) < 4.78 is 0. The molecule has 0 saturated carbocycles. The Hall–Kier alpha value is -0.480. The lowest BCUT2D eigenvalue weighted by Gasteiger charge is -2.21. The average Bonchev–Trinajstić information content (AvgIpc) is 2.91. The first kappa shape index (κ1) is 16.6. The van der Waals surface area contributed by atoms with E-state index in [0.29, 0.717) is 0 Å². The van der Waals surface area contributed by atoms with E-state index in [4.69, 9.17) is 16.6 Å². The zero-order valence-electron chi connectivity index (χ0n) is 10.9. The van der Waals surface area contributed by atoms with Crippen molar-refractivity contribution in [2.45, 2.75) is 32.2 Å². The zero-order valence-corrected chi connectivity index (χ0v) is 13.3. The van der Waals surface area contributed by atoms with Gasteiger partial charge in [-0.15, -0.1) is 24.8 Å². The number of fused-ring (bicyclic) bond motifs is 1. The van der Waals surface area contributed by atoms with Gasteiger partial charge in [-0.2, -0.15) is 0 Å². The molecule has 3 nitrogen and oxygen atoms in total. The van der Waals surface area contributed by atoms with Gasteiger partial charge in [0.05, 0.1) is 16.6 Å². The molecule has 1 fully saturated rings. The van der Waals surface area contributed by atoms with Crippen LogP contribution in [0.25, 0.3) is 11.0 Å². The summed E-state index contributed by atoms with van der Waals surface area (Å²) in [6, 6.07) is 3.92. The van der Waals surface area contributed by atoms with Crippen LogP contribution < -0.4 is 5.32 Å². The summed E-state index contributed by atoms with van der Waals surface area (Å²) >= 11 is 6.12. The normalized spacial score (nSPS) is 22.1. The van der Waals surface area contributed by atoms with E-state index in [9.17, 15) is 0 Å². The number of aromatic nitrogens is 2. The minimum Gasteiger partial charge on any atom is -0.340 e. The number of H-pyrrole nitrogens is 1. The number of imidazole rings is 1. The number of rotatable bonds is 1. The van der Waals surface area contributed by atoms with Crippen LogP contribution in [0.15, 0.2) is 12.1 Å². The molecule has 19 heavy (non-hydrogen) atoms. The van der Waals surface area contributed by atoms with Crippen molar-refractivity contribution in [1.29, 1.82) is 0 Å². The van der Waals surface area contributed by atoms with Gasteiger partial charge >= 0.3 is 0 Å². The second-order valence-corrected chi connectivity index (χ2v) is 5.42. The van der Waals surface area contributed by atoms with Crippen LogP contribution >= 0.6 is 36.4 Å². The number of benzene rings is 1. The number of hydrogen-bond acceptors (Lipinski definition) is 2. The molecule has 1 aliphatic heterocycles. The average molecular weight is 323 g/mol. The van der Waals surface area contributed by atoms with Crippen LogP contribution in [0, 0.1) is 6.92 Å². The molecular formula is C13H18Cl3N3. The molecule has 2 aromatic rings. The molecule has 0 amide bonds. The third-order valence-corrected chi connectivity index (χ3v) is 4.14. The van der Waals surface area contributed by atoms with Crippen LogP contribution in [0.1, 0.15) is 31.2 Å². The molecule has 106 valence electrons. The predicted octanol–water partition coefficient (Wildman–Crippen LogP) is 3.97. The quantitative estimate of drug-likeness (QED) is 0.834. The fourth-order valence-electron chi connectivity index (χ4n) is 2.55. The molecule has 6 heteroatoms. The summed E-state index contributed by atoms with van der Waals surface area (Å²) in [6.45, 7) is 5.28. The summed E-state index contributed by atoms with van der Waals surface area (Å²) in [5.74, 6) is 1.02. The molecule has 0 bridgehead atoms. The van der Waals surface area contributed by atoms with E-state index in [2.05, 4.69) is 17.2 Å². The highest BCUT2D eigenvalue weighted by Gasteiger charge is 2.33. The van der Waals surface area contributed by atoms with Crippen molar-refractivity contribution >= 4 is 47.4 Å². The lowest BCUT2D eigenvalue weighted by atomic mass is 10.00. The number of aromatic amines is 1. The van der Waals surface area contributed by atoms with E-state index in [-0.39, 0.29) is 30.4 Å². The van der Waals surface area contributed by atoms with Crippen molar-refractivity contribution in [1.82, 2.24) is 15.3 Å². The summed E-state index contributed by atoms with van der Waals surface area (Å²) in [5.41, 5.74) is 3.09. The van der Waals surface area contributed by atoms with Gasteiger partial charge in [0.1, 0.15) is 5.82 Å². The lowest BCUT2D eigenvalue weighted by Crippen LogP contribution is -2.34. The molecule has 3 rings (SSSR count). The van der Waals surface area contributed by atoms with Gasteiger partial charge in [0.2, 0.25) is 0 Å². The van der Waals surface area contributed by atoms with E-state index >= 15 is 0 Å². The Kier molecular flexibility index (Phi) is 5.13. The SMILES string of the molecule is Cc1c(Cl)ccc2[nH]c([C@]3(C)CCCN3)nc12.Cl.Cl. The van der Waals surface area contributed by atoms with Gasteiger partial charge < -0.3 is 10.3 Å². The number of hydrogen-bond donors (Lipinski definition) is 2. The summed E-state index contributed by atoms with van der Waals surface area (Å²) in [7, 11) is 0. The van der Waals surface area contributed by atoms with Gasteiger partial charge in [0.25, 0.3) is 0 Å². The first-order valence-electron chi connectivity index (χ1n) is 6.00. The molecule has 0 aliphatic carbocycles. The van der Waals surface area contributed by atoms with Crippen molar-refractivity contribution in [3.8, 4) is 0 Å². The van der Waals surface area contributed by atoms with Crippen LogP contribution in [-0.4, -0.2) is 16.5 Å². The van der Waals surface area contributed by atoms with Crippen LogP contribution in [0.3, 0.4) is 0 Å². The fraction of sp³-hybridized carbons (Fsp3) is 0.462. The second-order valence-electron chi connectivity index (χ2n) is 5.02. The highest BCUT2D eigenvalue weighted by Crippen LogP contribution is 2.31. The molecule has 0 radical (unpaired) electrons. The fourth-order valence-corrected chi connectivity index (χ4v) is 2.70. The van der Waals surface area contributed by atoms with Crippen molar-refractivity contribution < 1.29 is 0 Å². The van der Waals surface area contributed by atoms with E-state index < -0.39 is 0 Å². The first-order valence-corrected chi connectivity index (χ1v) is 6.38. The molecule has 1 aliphatic rings. The summed E-state index contributed by atoms with van der Waals surface area (Å²) in [4.78, 5) is 8.14. The van der Waals surface area contributed by atoms with E-state index in [1.807, 2.05) is 19.1 Å². The Morgan fingerprint density at radius 2 is 2.05 bits per heavy atom. The van der Waals surface area contributed by atoms with Crippen LogP contribution in [-0.2, 0) is 5.54 Å². The summed E-state index contributed by atoms with van der Waals surface area (Å²) in [5, 5.41) is 4.30. The standard InChI is InChI=1S/C13H16ClN3.2ClH/c1-8-9(14)4-5-10-11(8)17-12(16-10)13(2)6-3-7-15-13;;/h4-5,15H,3,6-7H2,1-2H3,(H,16,17);2*1H/t13-;;/m0../s1. The second kappa shape index (κ2) is 5.88. The van der Waals surface area contributed by atoms with Crippen molar-refractivity contribution in [2.24, 2.45) is 0 Å². The predicted molar refractivity (Wildman–Crippen MR) is 84.9 cm³/mol. The molecule has 1 saturated heterocycles. The van der Waals surface area contributed by atoms with Crippen LogP contribution in [0.4, 0.5) is 0 Å². The first-order chi connectivity index (χ1) is 8.10. The smallest absolute Gasteiger partial charge is 0.127 e. The highest BCUT2D eigenvalue weighted by molar-refractivity contribution is 6.32. The van der Waals surface area contributed by atoms with Crippen molar-refractivity contribution in [3.63, 3.8) is 0 Å². The lowest BCUT2D eigenvalue weighted by molar-refractivity contribution is 0.412. The van der Waals surface area contributed by atoms with Crippen LogP contribution in [0.5, 0.6) is 0 Å². The zero-order chi connectivity index (χ0) is 12.0. The number of halogens is 3. The molecular weight excluding hydrogens is 305 g/mol. The molecule has 1 aromatic carbocycles. The van der Waals surface area contributed by atoms with Crippen molar-refractivity contribution in [3.05, 3.63) is 28.5 Å². The van der Waals surface area contributed by atoms with Gasteiger partial charge in [-0.1, -0.05) is 11.6 Å². The largest absolute Gasteiger partial charge is 0.340 e. The van der Waals surface area contributed by atoms with Crippen LogP contribution in [0.2, 0.25) is 5.02 Å². The maximum atomic E-state index is 6.12. The minimum atomic E-state index is -0.0159.